The van der Waals surface area contributed by atoms with Crippen LogP contribution in [0.15, 0.2) is 53.6 Å². The molecule has 23 heavy (non-hydrogen) atoms. The van der Waals surface area contributed by atoms with Crippen molar-refractivity contribution in [3.05, 3.63) is 71.0 Å². The number of hydrazone groups is 1. The second-order valence-electron chi connectivity index (χ2n) is 5.98. The van der Waals surface area contributed by atoms with Gasteiger partial charge in [-0.25, -0.2) is 4.39 Å². The van der Waals surface area contributed by atoms with E-state index in [0.29, 0.717) is 5.56 Å². The summed E-state index contributed by atoms with van der Waals surface area (Å²) < 4.78 is 13.6. The summed E-state index contributed by atoms with van der Waals surface area (Å²) in [5, 5.41) is 6.42. The molecule has 0 aromatic heterocycles. The molecule has 2 aromatic carbocycles. The molecule has 0 bridgehead atoms. The molecule has 1 saturated heterocycles. The first-order valence-electron chi connectivity index (χ1n) is 8.02. The van der Waals surface area contributed by atoms with Gasteiger partial charge in [0.25, 0.3) is 0 Å². The minimum Gasteiger partial charge on any atom is -0.295 e. The van der Waals surface area contributed by atoms with E-state index in [1.807, 2.05) is 11.1 Å². The summed E-state index contributed by atoms with van der Waals surface area (Å²) in [7, 11) is 0. The fourth-order valence-corrected chi connectivity index (χ4v) is 2.69. The first kappa shape index (κ1) is 15.7. The molecule has 3 nitrogen and oxygen atoms in total. The van der Waals surface area contributed by atoms with E-state index in [2.05, 4.69) is 41.2 Å². The van der Waals surface area contributed by atoms with E-state index in [0.717, 1.165) is 32.7 Å². The van der Waals surface area contributed by atoms with Gasteiger partial charge in [-0.05, 0) is 18.6 Å². The van der Waals surface area contributed by atoms with E-state index in [-0.39, 0.29) is 5.82 Å². The number of hydrogen-bond acceptors (Lipinski definition) is 3. The quantitative estimate of drug-likeness (QED) is 0.807. The predicted octanol–water partition coefficient (Wildman–Crippen LogP) is 3.29. The highest BCUT2D eigenvalue weighted by molar-refractivity contribution is 5.79. The molecule has 1 aliphatic heterocycles. The Morgan fingerprint density at radius 3 is 2.39 bits per heavy atom. The molecule has 0 aliphatic carbocycles. The fourth-order valence-electron chi connectivity index (χ4n) is 2.69. The van der Waals surface area contributed by atoms with Crippen LogP contribution in [-0.2, 0) is 6.54 Å². The van der Waals surface area contributed by atoms with Crippen molar-refractivity contribution in [1.29, 1.82) is 0 Å². The molecule has 0 unspecified atom stereocenters. The number of hydrogen-bond donors (Lipinski definition) is 0. The van der Waals surface area contributed by atoms with Gasteiger partial charge in [0.05, 0.1) is 6.21 Å². The van der Waals surface area contributed by atoms with Crippen molar-refractivity contribution in [3.8, 4) is 0 Å². The molecule has 3 rings (SSSR count). The van der Waals surface area contributed by atoms with Crippen LogP contribution in [0, 0.1) is 12.7 Å². The lowest BCUT2D eigenvalue weighted by atomic mass is 10.1. The highest BCUT2D eigenvalue weighted by atomic mass is 19.1. The van der Waals surface area contributed by atoms with Crippen LogP contribution in [-0.4, -0.2) is 42.3 Å². The lowest BCUT2D eigenvalue weighted by molar-refractivity contribution is 0.131. The highest BCUT2D eigenvalue weighted by Gasteiger charge is 2.15. The van der Waals surface area contributed by atoms with Gasteiger partial charge in [-0.15, -0.1) is 0 Å². The van der Waals surface area contributed by atoms with Crippen molar-refractivity contribution in [3.63, 3.8) is 0 Å². The standard InChI is InChI=1S/C19H22FN3/c1-16-6-8-17(9-7-16)15-22-10-12-23(13-11-22)21-14-18-4-2-3-5-19(18)20/h2-9,14H,10-13,15H2,1H3/b21-14-. The average molecular weight is 311 g/mol. The molecule has 4 heteroatoms. The zero-order chi connectivity index (χ0) is 16.1. The summed E-state index contributed by atoms with van der Waals surface area (Å²) >= 11 is 0. The summed E-state index contributed by atoms with van der Waals surface area (Å²) in [6, 6.07) is 15.4. The van der Waals surface area contributed by atoms with Crippen LogP contribution in [0.5, 0.6) is 0 Å². The minimum absolute atomic E-state index is 0.228. The molecule has 0 radical (unpaired) electrons. The molecule has 1 aliphatic rings. The van der Waals surface area contributed by atoms with Gasteiger partial charge in [0.2, 0.25) is 0 Å². The molecule has 0 spiro atoms. The van der Waals surface area contributed by atoms with Crippen molar-refractivity contribution >= 4 is 6.21 Å². The number of aryl methyl sites for hydroxylation is 1. The van der Waals surface area contributed by atoms with Crippen molar-refractivity contribution in [2.45, 2.75) is 13.5 Å². The van der Waals surface area contributed by atoms with E-state index >= 15 is 0 Å². The van der Waals surface area contributed by atoms with Gasteiger partial charge in [0.15, 0.2) is 0 Å². The Bertz CT molecular complexity index is 659. The maximum atomic E-state index is 13.6. The molecule has 120 valence electrons. The first-order chi connectivity index (χ1) is 11.2. The number of rotatable bonds is 4. The number of halogens is 1. The summed E-state index contributed by atoms with van der Waals surface area (Å²) in [6.07, 6.45) is 1.62. The van der Waals surface area contributed by atoms with Crippen molar-refractivity contribution in [2.75, 3.05) is 26.2 Å². The van der Waals surface area contributed by atoms with Crippen molar-refractivity contribution in [1.82, 2.24) is 9.91 Å². The van der Waals surface area contributed by atoms with Gasteiger partial charge in [-0.3, -0.25) is 9.91 Å². The molecule has 2 aromatic rings. The third-order valence-electron chi connectivity index (χ3n) is 4.14. The second kappa shape index (κ2) is 7.38. The topological polar surface area (TPSA) is 18.8 Å². The summed E-state index contributed by atoms with van der Waals surface area (Å²) in [5.41, 5.74) is 3.18. The van der Waals surface area contributed by atoms with E-state index < -0.39 is 0 Å². The van der Waals surface area contributed by atoms with Gasteiger partial charge >= 0.3 is 0 Å². The Hall–Kier alpha value is -2.20. The number of piperazine rings is 1. The molecule has 0 atom stereocenters. The summed E-state index contributed by atoms with van der Waals surface area (Å²) in [6.45, 7) is 6.78. The van der Waals surface area contributed by atoms with Crippen LogP contribution >= 0.6 is 0 Å². The Morgan fingerprint density at radius 1 is 1.00 bits per heavy atom. The zero-order valence-electron chi connectivity index (χ0n) is 13.5. The van der Waals surface area contributed by atoms with Gasteiger partial charge in [-0.1, -0.05) is 48.0 Å². The fraction of sp³-hybridized carbons (Fsp3) is 0.316. The Morgan fingerprint density at radius 2 is 1.70 bits per heavy atom. The third kappa shape index (κ3) is 4.39. The number of benzene rings is 2. The highest BCUT2D eigenvalue weighted by Crippen LogP contribution is 2.10. The minimum atomic E-state index is -0.228. The normalized spacial score (nSPS) is 16.2. The maximum Gasteiger partial charge on any atom is 0.132 e. The van der Waals surface area contributed by atoms with Gasteiger partial charge in [0.1, 0.15) is 5.82 Å². The predicted molar refractivity (Wildman–Crippen MR) is 92.0 cm³/mol. The van der Waals surface area contributed by atoms with Crippen LogP contribution in [0.25, 0.3) is 0 Å². The molecule has 0 amide bonds. The van der Waals surface area contributed by atoms with Crippen LogP contribution in [0.1, 0.15) is 16.7 Å². The third-order valence-corrected chi connectivity index (χ3v) is 4.14. The molecular weight excluding hydrogens is 289 g/mol. The summed E-state index contributed by atoms with van der Waals surface area (Å²) in [4.78, 5) is 2.43. The largest absolute Gasteiger partial charge is 0.295 e. The van der Waals surface area contributed by atoms with Crippen LogP contribution in [0.2, 0.25) is 0 Å². The number of nitrogens with zero attached hydrogens (tertiary/aromatic N) is 3. The van der Waals surface area contributed by atoms with Gasteiger partial charge in [-0.2, -0.15) is 5.10 Å². The molecule has 1 fully saturated rings. The monoisotopic (exact) mass is 311 g/mol. The lowest BCUT2D eigenvalue weighted by Crippen LogP contribution is -2.43. The van der Waals surface area contributed by atoms with Gasteiger partial charge in [0, 0.05) is 38.3 Å². The first-order valence-corrected chi connectivity index (χ1v) is 8.02. The van der Waals surface area contributed by atoms with E-state index in [1.54, 1.807) is 18.3 Å². The molecule has 1 heterocycles. The van der Waals surface area contributed by atoms with Crippen LogP contribution < -0.4 is 0 Å². The lowest BCUT2D eigenvalue weighted by Gasteiger charge is -2.33. The van der Waals surface area contributed by atoms with E-state index in [1.165, 1.54) is 17.2 Å². The maximum absolute atomic E-state index is 13.6. The smallest absolute Gasteiger partial charge is 0.132 e. The molecule has 0 saturated carbocycles. The Labute approximate surface area is 137 Å². The van der Waals surface area contributed by atoms with E-state index in [4.69, 9.17) is 0 Å². The van der Waals surface area contributed by atoms with Crippen LogP contribution in [0.3, 0.4) is 0 Å². The van der Waals surface area contributed by atoms with Gasteiger partial charge < -0.3 is 0 Å². The average Bonchev–Trinajstić information content (AvgIpc) is 2.58. The van der Waals surface area contributed by atoms with Crippen molar-refractivity contribution in [2.24, 2.45) is 5.10 Å². The van der Waals surface area contributed by atoms with E-state index in [9.17, 15) is 4.39 Å². The molecular formula is C19H22FN3. The summed E-state index contributed by atoms with van der Waals surface area (Å²) in [5.74, 6) is -0.228. The Balaban J connectivity index is 1.50. The second-order valence-corrected chi connectivity index (χ2v) is 5.98. The SMILES string of the molecule is Cc1ccc(CN2CCN(/N=C\c3ccccc3F)CC2)cc1. The van der Waals surface area contributed by atoms with Crippen molar-refractivity contribution < 1.29 is 4.39 Å². The van der Waals surface area contributed by atoms with Crippen LogP contribution in [0.4, 0.5) is 4.39 Å². The molecule has 0 N–H and O–H groups in total. The Kier molecular flexibility index (Phi) is 5.03. The zero-order valence-corrected chi connectivity index (χ0v) is 13.5.